The van der Waals surface area contributed by atoms with E-state index in [9.17, 15) is 8.42 Å². The molecule has 12 heavy (non-hydrogen) atoms. The maximum atomic E-state index is 10.4. The average Bonchev–Trinajstić information content (AvgIpc) is 2.05. The first-order chi connectivity index (χ1) is 5.72. The third-order valence-electron chi connectivity index (χ3n) is 2.28. The van der Waals surface area contributed by atoms with E-state index >= 15 is 0 Å². The lowest BCUT2D eigenvalue weighted by atomic mass is 9.98. The molecule has 0 aromatic rings. The van der Waals surface area contributed by atoms with E-state index in [1.165, 1.54) is 0 Å². The summed E-state index contributed by atoms with van der Waals surface area (Å²) in [6, 6.07) is 0. The maximum Gasteiger partial charge on any atom is 0.153 e. The van der Waals surface area contributed by atoms with Gasteiger partial charge in [-0.1, -0.05) is 0 Å². The summed E-state index contributed by atoms with van der Waals surface area (Å²) in [5.41, 5.74) is 0. The van der Waals surface area contributed by atoms with Crippen molar-refractivity contribution in [2.24, 2.45) is 5.92 Å². The van der Waals surface area contributed by atoms with Crippen molar-refractivity contribution in [2.75, 3.05) is 25.6 Å². The predicted octanol–water partition coefficient (Wildman–Crippen LogP) is -0.740. The molecule has 0 aromatic heterocycles. The van der Waals surface area contributed by atoms with Crippen molar-refractivity contribution in [1.82, 2.24) is 4.90 Å². The highest BCUT2D eigenvalue weighted by Gasteiger charge is 2.18. The fourth-order valence-electron chi connectivity index (χ4n) is 1.47. The fraction of sp³-hybridized carbons (Fsp3) is 1.00. The van der Waals surface area contributed by atoms with Crippen LogP contribution in [0.5, 0.6) is 0 Å². The van der Waals surface area contributed by atoms with Crippen molar-refractivity contribution in [2.45, 2.75) is 12.8 Å². The Labute approximate surface area is 74.1 Å². The van der Waals surface area contributed by atoms with Crippen LogP contribution in [-0.2, 0) is 10.7 Å². The number of piperidine rings is 1. The quantitative estimate of drug-likeness (QED) is 0.580. The van der Waals surface area contributed by atoms with Crippen LogP contribution >= 0.6 is 0 Å². The average molecular weight is 193 g/mol. The normalized spacial score (nSPS) is 21.8. The van der Waals surface area contributed by atoms with Gasteiger partial charge in [0.15, 0.2) is 10.7 Å². The third-order valence-corrected chi connectivity index (χ3v) is 2.91. The van der Waals surface area contributed by atoms with Gasteiger partial charge in [0.25, 0.3) is 0 Å². The highest BCUT2D eigenvalue weighted by atomic mass is 32.2. The first kappa shape index (κ1) is 9.95. The third kappa shape index (κ3) is 3.08. The van der Waals surface area contributed by atoms with E-state index in [0.717, 1.165) is 25.9 Å². The lowest BCUT2D eigenvalue weighted by Crippen LogP contribution is -2.35. The Hall–Kier alpha value is -0.130. The molecule has 0 bridgehead atoms. The molecule has 0 radical (unpaired) electrons. The van der Waals surface area contributed by atoms with Crippen LogP contribution in [0.4, 0.5) is 0 Å². The highest BCUT2D eigenvalue weighted by molar-refractivity contribution is 7.72. The topological polar surface area (TPSA) is 57.6 Å². The van der Waals surface area contributed by atoms with E-state index in [2.05, 4.69) is 0 Å². The van der Waals surface area contributed by atoms with Gasteiger partial charge in [0.05, 0.1) is 5.88 Å². The van der Waals surface area contributed by atoms with Crippen molar-refractivity contribution in [3.05, 3.63) is 0 Å². The number of nitrogens with zero attached hydrogens (tertiary/aromatic N) is 1. The van der Waals surface area contributed by atoms with E-state index in [1.807, 2.05) is 4.90 Å². The van der Waals surface area contributed by atoms with Gasteiger partial charge < -0.3 is 5.11 Å². The number of hydrogen-bond acceptors (Lipinski definition) is 4. The molecule has 1 heterocycles. The van der Waals surface area contributed by atoms with Crippen LogP contribution in [0.25, 0.3) is 0 Å². The van der Waals surface area contributed by atoms with Gasteiger partial charge in [-0.15, -0.1) is 0 Å². The summed E-state index contributed by atoms with van der Waals surface area (Å²) in [6.07, 6.45) is 1.83. The standard InChI is InChI=1S/C7H15NO3S/c9-5-7-1-3-8(4-2-7)6-12(10)11/h7,9,12H,1-6H2. The lowest BCUT2D eigenvalue weighted by Gasteiger charge is -2.29. The largest absolute Gasteiger partial charge is 0.396 e. The molecular weight excluding hydrogens is 178 g/mol. The summed E-state index contributed by atoms with van der Waals surface area (Å²) in [6.45, 7) is 1.83. The van der Waals surface area contributed by atoms with Crippen LogP contribution in [0.15, 0.2) is 0 Å². The molecule has 0 aliphatic carbocycles. The van der Waals surface area contributed by atoms with Crippen molar-refractivity contribution in [3.8, 4) is 0 Å². The number of likely N-dealkylation sites (tertiary alicyclic amines) is 1. The van der Waals surface area contributed by atoms with E-state index in [0.29, 0.717) is 5.92 Å². The summed E-state index contributed by atoms with van der Waals surface area (Å²) in [7, 11) is -2.28. The van der Waals surface area contributed by atoms with Crippen molar-refractivity contribution < 1.29 is 13.5 Å². The lowest BCUT2D eigenvalue weighted by molar-refractivity contribution is 0.143. The first-order valence-electron chi connectivity index (χ1n) is 4.17. The van der Waals surface area contributed by atoms with Crippen molar-refractivity contribution in [1.29, 1.82) is 0 Å². The van der Waals surface area contributed by atoms with Gasteiger partial charge in [-0.2, -0.15) is 0 Å². The zero-order valence-corrected chi connectivity index (χ0v) is 7.87. The monoisotopic (exact) mass is 193 g/mol. The molecule has 4 nitrogen and oxygen atoms in total. The molecule has 1 rings (SSSR count). The number of aliphatic hydroxyl groups is 1. The molecule has 72 valence electrons. The zero-order chi connectivity index (χ0) is 8.97. The Morgan fingerprint density at radius 2 is 1.92 bits per heavy atom. The fourth-order valence-corrected chi connectivity index (χ4v) is 2.08. The van der Waals surface area contributed by atoms with Gasteiger partial charge in [-0.3, -0.25) is 4.90 Å². The van der Waals surface area contributed by atoms with Gasteiger partial charge >= 0.3 is 0 Å². The van der Waals surface area contributed by atoms with Gasteiger partial charge in [-0.05, 0) is 31.8 Å². The summed E-state index contributed by atoms with van der Waals surface area (Å²) >= 11 is 0. The summed E-state index contributed by atoms with van der Waals surface area (Å²) in [5, 5.41) is 8.82. The molecule has 1 aliphatic rings. The Kier molecular flexibility index (Phi) is 3.97. The molecule has 0 saturated carbocycles. The van der Waals surface area contributed by atoms with E-state index in [1.54, 1.807) is 0 Å². The minimum atomic E-state index is -2.28. The zero-order valence-electron chi connectivity index (χ0n) is 6.98. The Balaban J connectivity index is 2.26. The van der Waals surface area contributed by atoms with Crippen LogP contribution in [0.2, 0.25) is 0 Å². The Morgan fingerprint density at radius 1 is 1.33 bits per heavy atom. The molecule has 0 spiro atoms. The summed E-state index contributed by atoms with van der Waals surface area (Å²) < 4.78 is 20.7. The summed E-state index contributed by atoms with van der Waals surface area (Å²) in [5.74, 6) is 0.554. The van der Waals surface area contributed by atoms with Crippen LogP contribution in [0.1, 0.15) is 12.8 Å². The number of aliphatic hydroxyl groups excluding tert-OH is 1. The molecule has 1 saturated heterocycles. The number of thiol groups is 1. The van der Waals surface area contributed by atoms with Crippen LogP contribution < -0.4 is 0 Å². The molecule has 0 atom stereocenters. The second kappa shape index (κ2) is 4.79. The van der Waals surface area contributed by atoms with Crippen LogP contribution in [0.3, 0.4) is 0 Å². The predicted molar refractivity (Wildman–Crippen MR) is 46.6 cm³/mol. The van der Waals surface area contributed by atoms with Gasteiger partial charge in [0.2, 0.25) is 0 Å². The molecule has 1 fully saturated rings. The van der Waals surface area contributed by atoms with E-state index in [4.69, 9.17) is 5.11 Å². The Morgan fingerprint density at radius 3 is 2.33 bits per heavy atom. The minimum Gasteiger partial charge on any atom is -0.396 e. The SMILES string of the molecule is O=[SH](=O)CN1CCC(CO)CC1. The second-order valence-electron chi connectivity index (χ2n) is 3.22. The molecule has 0 amide bonds. The van der Waals surface area contributed by atoms with Gasteiger partial charge in [0, 0.05) is 6.61 Å². The first-order valence-corrected chi connectivity index (χ1v) is 5.53. The smallest absolute Gasteiger partial charge is 0.153 e. The molecular formula is C7H15NO3S. The Bertz CT molecular complexity index is 189. The number of hydrogen-bond donors (Lipinski definition) is 2. The van der Waals surface area contributed by atoms with Crippen molar-refractivity contribution in [3.63, 3.8) is 0 Å². The number of rotatable bonds is 3. The maximum absolute atomic E-state index is 10.4. The molecule has 5 heteroatoms. The highest BCUT2D eigenvalue weighted by Crippen LogP contribution is 2.15. The van der Waals surface area contributed by atoms with Gasteiger partial charge in [0.1, 0.15) is 0 Å². The minimum absolute atomic E-state index is 0.174. The van der Waals surface area contributed by atoms with Gasteiger partial charge in [-0.25, -0.2) is 8.42 Å². The molecule has 1 N–H and O–H groups in total. The molecule has 0 aromatic carbocycles. The van der Waals surface area contributed by atoms with E-state index < -0.39 is 10.7 Å². The van der Waals surface area contributed by atoms with Crippen LogP contribution in [0, 0.1) is 5.92 Å². The van der Waals surface area contributed by atoms with Crippen LogP contribution in [-0.4, -0.2) is 44.0 Å². The van der Waals surface area contributed by atoms with E-state index in [-0.39, 0.29) is 12.5 Å². The second-order valence-corrected chi connectivity index (χ2v) is 4.17. The molecule has 0 unspecified atom stereocenters. The van der Waals surface area contributed by atoms with Crippen molar-refractivity contribution >= 4 is 10.7 Å². The summed E-state index contributed by atoms with van der Waals surface area (Å²) in [4.78, 5) is 1.91. The molecule has 1 aliphatic heterocycles.